The van der Waals surface area contributed by atoms with Crippen molar-refractivity contribution in [2.24, 2.45) is 0 Å². The predicted octanol–water partition coefficient (Wildman–Crippen LogP) is 3.96. The third-order valence-electron chi connectivity index (χ3n) is 4.76. The lowest BCUT2D eigenvalue weighted by Crippen LogP contribution is -2.41. The molecule has 0 aromatic heterocycles. The fourth-order valence-corrected chi connectivity index (χ4v) is 4.62. The first-order valence-corrected chi connectivity index (χ1v) is 12.9. The Kier molecular flexibility index (Phi) is 10.9. The Labute approximate surface area is 210 Å². The van der Waals surface area contributed by atoms with E-state index in [0.29, 0.717) is 47.5 Å². The topological polar surface area (TPSA) is 96.5 Å². The van der Waals surface area contributed by atoms with Gasteiger partial charge in [0, 0.05) is 13.1 Å². The zero-order valence-corrected chi connectivity index (χ0v) is 21.5. The highest BCUT2D eigenvalue weighted by Gasteiger charge is 2.26. The third kappa shape index (κ3) is 9.10. The molecule has 2 aromatic carbocycles. The van der Waals surface area contributed by atoms with Gasteiger partial charge in [-0.3, -0.25) is 4.79 Å². The number of nitrogens with one attached hydrogen (secondary N) is 3. The summed E-state index contributed by atoms with van der Waals surface area (Å²) in [6, 6.07) is 10.8. The molecule has 11 heteroatoms. The molecule has 0 spiro atoms. The lowest BCUT2D eigenvalue weighted by Gasteiger charge is -2.17. The van der Waals surface area contributed by atoms with Crippen LogP contribution < -0.4 is 15.4 Å². The summed E-state index contributed by atoms with van der Waals surface area (Å²) in [5.41, 5.74) is 1.88. The molecule has 1 atom stereocenters. The van der Waals surface area contributed by atoms with Crippen LogP contribution in [0.15, 0.2) is 47.4 Å². The van der Waals surface area contributed by atoms with E-state index < -0.39 is 22.0 Å². The standard InChI is InChI=1S/C22H27Cl2N3O4S2/c1-15-6-9-17(10-7-15)33(29,30)27-20(21(28)31-2)5-3-4-12-25-22(32)26-14-16-8-11-18(23)19(24)13-16/h6-11,13,20,27H,3-5,12,14H2,1-2H3,(H2,25,26,32). The van der Waals surface area contributed by atoms with E-state index >= 15 is 0 Å². The fourth-order valence-electron chi connectivity index (χ4n) is 2.91. The molecule has 2 rings (SSSR count). The Morgan fingerprint density at radius 3 is 2.39 bits per heavy atom. The summed E-state index contributed by atoms with van der Waals surface area (Å²) in [6.45, 7) is 2.92. The number of esters is 1. The van der Waals surface area contributed by atoms with E-state index in [1.165, 1.54) is 19.2 Å². The Bertz CT molecular complexity index is 1060. The SMILES string of the molecule is COC(=O)C(CCCCNC(=S)NCc1ccc(Cl)c(Cl)c1)NS(=O)(=O)c1ccc(C)cc1. The van der Waals surface area contributed by atoms with Crippen LogP contribution in [-0.4, -0.2) is 39.2 Å². The van der Waals surface area contributed by atoms with Gasteiger partial charge in [0.1, 0.15) is 6.04 Å². The number of hydrogen-bond acceptors (Lipinski definition) is 5. The highest BCUT2D eigenvalue weighted by atomic mass is 35.5. The largest absolute Gasteiger partial charge is 0.468 e. The number of carbonyl (C=O) groups is 1. The number of ether oxygens (including phenoxy) is 1. The predicted molar refractivity (Wildman–Crippen MR) is 135 cm³/mol. The van der Waals surface area contributed by atoms with Crippen molar-refractivity contribution < 1.29 is 17.9 Å². The first kappa shape index (κ1) is 27.3. The molecule has 0 saturated heterocycles. The van der Waals surface area contributed by atoms with Crippen molar-refractivity contribution >= 4 is 56.5 Å². The summed E-state index contributed by atoms with van der Waals surface area (Å²) in [5.74, 6) is -0.627. The second-order valence-electron chi connectivity index (χ2n) is 7.36. The van der Waals surface area contributed by atoms with Gasteiger partial charge in [-0.05, 0) is 68.2 Å². The number of unbranched alkanes of at least 4 members (excludes halogenated alkanes) is 1. The summed E-state index contributed by atoms with van der Waals surface area (Å²) < 4.78 is 32.4. The third-order valence-corrected chi connectivity index (χ3v) is 7.27. The Balaban J connectivity index is 1.77. The van der Waals surface area contributed by atoms with E-state index in [9.17, 15) is 13.2 Å². The second-order valence-corrected chi connectivity index (χ2v) is 10.3. The molecule has 0 aliphatic rings. The van der Waals surface area contributed by atoms with Gasteiger partial charge in [-0.1, -0.05) is 47.0 Å². The molecule has 33 heavy (non-hydrogen) atoms. The van der Waals surface area contributed by atoms with Crippen molar-refractivity contribution in [3.8, 4) is 0 Å². The number of sulfonamides is 1. The maximum Gasteiger partial charge on any atom is 0.323 e. The van der Waals surface area contributed by atoms with Gasteiger partial charge in [-0.2, -0.15) is 4.72 Å². The number of carbonyl (C=O) groups excluding carboxylic acids is 1. The van der Waals surface area contributed by atoms with Crippen molar-refractivity contribution in [3.63, 3.8) is 0 Å². The van der Waals surface area contributed by atoms with Crippen molar-refractivity contribution in [2.75, 3.05) is 13.7 Å². The van der Waals surface area contributed by atoms with Crippen molar-refractivity contribution in [1.29, 1.82) is 0 Å². The smallest absolute Gasteiger partial charge is 0.323 e. The molecule has 1 unspecified atom stereocenters. The first-order valence-electron chi connectivity index (χ1n) is 10.2. The zero-order chi connectivity index (χ0) is 24.4. The van der Waals surface area contributed by atoms with Crippen LogP contribution in [0.1, 0.15) is 30.4 Å². The number of halogens is 2. The summed E-state index contributed by atoms with van der Waals surface area (Å²) in [6.07, 6.45) is 1.55. The first-order chi connectivity index (χ1) is 15.6. The van der Waals surface area contributed by atoms with E-state index in [2.05, 4.69) is 15.4 Å². The highest BCUT2D eigenvalue weighted by molar-refractivity contribution is 7.89. The zero-order valence-electron chi connectivity index (χ0n) is 18.4. The Morgan fingerprint density at radius 1 is 1.06 bits per heavy atom. The second kappa shape index (κ2) is 13.1. The molecule has 2 aromatic rings. The van der Waals surface area contributed by atoms with E-state index in [0.717, 1.165) is 11.1 Å². The van der Waals surface area contributed by atoms with Crippen LogP contribution in [-0.2, 0) is 26.1 Å². The van der Waals surface area contributed by atoms with E-state index in [4.69, 9.17) is 40.2 Å². The van der Waals surface area contributed by atoms with Crippen molar-refractivity contribution in [1.82, 2.24) is 15.4 Å². The van der Waals surface area contributed by atoms with E-state index in [-0.39, 0.29) is 4.90 Å². The molecule has 0 aliphatic heterocycles. The van der Waals surface area contributed by atoms with Crippen molar-refractivity contribution in [3.05, 3.63) is 63.6 Å². The Hall–Kier alpha value is -1.91. The minimum absolute atomic E-state index is 0.0991. The summed E-state index contributed by atoms with van der Waals surface area (Å²) in [7, 11) is -2.61. The molecule has 0 heterocycles. The fraction of sp³-hybridized carbons (Fsp3) is 0.364. The van der Waals surface area contributed by atoms with Gasteiger partial charge < -0.3 is 15.4 Å². The molecule has 0 saturated carbocycles. The highest BCUT2D eigenvalue weighted by Crippen LogP contribution is 2.22. The average molecular weight is 533 g/mol. The number of benzene rings is 2. The van der Waals surface area contributed by atoms with E-state index in [1.54, 1.807) is 24.3 Å². The lowest BCUT2D eigenvalue weighted by atomic mass is 10.1. The number of rotatable bonds is 11. The molecule has 7 nitrogen and oxygen atoms in total. The molecule has 0 amide bonds. The maximum atomic E-state index is 12.6. The van der Waals surface area contributed by atoms with Gasteiger partial charge in [0.05, 0.1) is 22.1 Å². The van der Waals surface area contributed by atoms with Gasteiger partial charge in [-0.15, -0.1) is 0 Å². The van der Waals surface area contributed by atoms with Crippen LogP contribution in [0.4, 0.5) is 0 Å². The molecule has 0 bridgehead atoms. The van der Waals surface area contributed by atoms with Gasteiger partial charge in [0.2, 0.25) is 10.0 Å². The van der Waals surface area contributed by atoms with Crippen LogP contribution >= 0.6 is 35.4 Å². The molecular formula is C22H27Cl2N3O4S2. The number of thiocarbonyl (C=S) groups is 1. The van der Waals surface area contributed by atoms with Gasteiger partial charge in [-0.25, -0.2) is 8.42 Å². The number of aryl methyl sites for hydroxylation is 1. The molecular weight excluding hydrogens is 505 g/mol. The molecule has 0 fully saturated rings. The van der Waals surface area contributed by atoms with Crippen LogP contribution in [0.5, 0.6) is 0 Å². The summed E-state index contributed by atoms with van der Waals surface area (Å²) in [4.78, 5) is 12.2. The van der Waals surface area contributed by atoms with Crippen molar-refractivity contribution in [2.45, 2.75) is 43.7 Å². The minimum Gasteiger partial charge on any atom is -0.468 e. The van der Waals surface area contributed by atoms with Crippen LogP contribution in [0, 0.1) is 6.92 Å². The van der Waals surface area contributed by atoms with Gasteiger partial charge in [0.25, 0.3) is 0 Å². The van der Waals surface area contributed by atoms with Gasteiger partial charge in [0.15, 0.2) is 5.11 Å². The molecule has 0 radical (unpaired) electrons. The summed E-state index contributed by atoms with van der Waals surface area (Å²) >= 11 is 17.2. The monoisotopic (exact) mass is 531 g/mol. The summed E-state index contributed by atoms with van der Waals surface area (Å²) in [5, 5.41) is 7.61. The average Bonchev–Trinajstić information content (AvgIpc) is 2.78. The molecule has 180 valence electrons. The molecule has 0 aliphatic carbocycles. The maximum absolute atomic E-state index is 12.6. The minimum atomic E-state index is -3.84. The quantitative estimate of drug-likeness (QED) is 0.229. The number of methoxy groups -OCH3 is 1. The van der Waals surface area contributed by atoms with Crippen LogP contribution in [0.25, 0.3) is 0 Å². The normalized spacial score (nSPS) is 12.1. The van der Waals surface area contributed by atoms with Crippen LogP contribution in [0.2, 0.25) is 10.0 Å². The Morgan fingerprint density at radius 2 is 1.76 bits per heavy atom. The molecule has 3 N–H and O–H groups in total. The van der Waals surface area contributed by atoms with Gasteiger partial charge >= 0.3 is 5.97 Å². The van der Waals surface area contributed by atoms with Crippen LogP contribution in [0.3, 0.4) is 0 Å². The number of hydrogen-bond donors (Lipinski definition) is 3. The van der Waals surface area contributed by atoms with E-state index in [1.807, 2.05) is 13.0 Å². The lowest BCUT2D eigenvalue weighted by molar-refractivity contribution is -0.142.